The normalized spacial score (nSPS) is 18.8. The van der Waals surface area contributed by atoms with Gasteiger partial charge in [0.2, 0.25) is 5.91 Å². The Hall–Kier alpha value is -2.37. The van der Waals surface area contributed by atoms with Gasteiger partial charge >= 0.3 is 5.97 Å². The molecule has 0 radical (unpaired) electrons. The Morgan fingerprint density at radius 3 is 2.60 bits per heavy atom. The van der Waals surface area contributed by atoms with E-state index in [-0.39, 0.29) is 24.8 Å². The molecule has 1 aliphatic rings. The Kier molecular flexibility index (Phi) is 3.74. The first-order valence-electron chi connectivity index (χ1n) is 6.36. The Morgan fingerprint density at radius 2 is 2.05 bits per heavy atom. The number of fused-ring (bicyclic) bond motifs is 1. The van der Waals surface area contributed by atoms with Crippen LogP contribution in [0, 0.1) is 0 Å². The summed E-state index contributed by atoms with van der Waals surface area (Å²) < 4.78 is 0. The molecule has 1 aromatic rings. The van der Waals surface area contributed by atoms with Crippen LogP contribution < -0.4 is 5.73 Å². The zero-order valence-electron chi connectivity index (χ0n) is 11.1. The molecule has 0 bridgehead atoms. The van der Waals surface area contributed by atoms with Gasteiger partial charge in [-0.2, -0.15) is 0 Å². The number of carboxylic acids is 1. The molecule has 2 amide bonds. The van der Waals surface area contributed by atoms with Crippen LogP contribution in [0.3, 0.4) is 0 Å². The van der Waals surface area contributed by atoms with Crippen LogP contribution in [0.5, 0.6) is 0 Å². The number of carbonyl (C=O) groups is 3. The van der Waals surface area contributed by atoms with Crippen LogP contribution in [0.25, 0.3) is 0 Å². The number of nitrogens with zero attached hydrogens (tertiary/aromatic N) is 1. The van der Waals surface area contributed by atoms with E-state index in [2.05, 4.69) is 0 Å². The Labute approximate surface area is 116 Å². The van der Waals surface area contributed by atoms with Crippen LogP contribution in [-0.4, -0.2) is 33.8 Å². The molecule has 2 unspecified atom stereocenters. The molecule has 1 aliphatic heterocycles. The van der Waals surface area contributed by atoms with Crippen molar-refractivity contribution in [1.29, 1.82) is 0 Å². The molecule has 0 aromatic heterocycles. The van der Waals surface area contributed by atoms with Crippen LogP contribution in [-0.2, 0) is 9.59 Å². The maximum Gasteiger partial charge on any atom is 0.303 e. The molecule has 6 nitrogen and oxygen atoms in total. The number of carbonyl (C=O) groups excluding carboxylic acids is 2. The van der Waals surface area contributed by atoms with E-state index < -0.39 is 17.9 Å². The lowest BCUT2D eigenvalue weighted by atomic mass is 10.1. The summed E-state index contributed by atoms with van der Waals surface area (Å²) in [6.07, 6.45) is -0.185. The third-order valence-corrected chi connectivity index (χ3v) is 3.59. The van der Waals surface area contributed by atoms with Gasteiger partial charge in [-0.25, -0.2) is 0 Å². The van der Waals surface area contributed by atoms with E-state index >= 15 is 0 Å². The zero-order chi connectivity index (χ0) is 14.9. The van der Waals surface area contributed by atoms with Gasteiger partial charge in [-0.15, -0.1) is 0 Å². The van der Waals surface area contributed by atoms with E-state index in [1.54, 1.807) is 19.1 Å². The van der Waals surface area contributed by atoms with Gasteiger partial charge in [0.05, 0.1) is 6.04 Å². The molecule has 2 atom stereocenters. The van der Waals surface area contributed by atoms with E-state index in [1.165, 1.54) is 4.90 Å². The van der Waals surface area contributed by atoms with Crippen LogP contribution in [0.15, 0.2) is 24.3 Å². The molecule has 0 fully saturated rings. The van der Waals surface area contributed by atoms with Gasteiger partial charge in [0.15, 0.2) is 0 Å². The highest BCUT2D eigenvalue weighted by molar-refractivity contribution is 6.01. The summed E-state index contributed by atoms with van der Waals surface area (Å²) in [7, 11) is 0. The molecule has 3 N–H and O–H groups in total. The number of hydrogen-bond donors (Lipinski definition) is 2. The number of aliphatic carboxylic acids is 1. The molecule has 20 heavy (non-hydrogen) atoms. The number of nitrogens with two attached hydrogens (primary N) is 1. The maximum absolute atomic E-state index is 12.4. The number of primary amides is 1. The van der Waals surface area contributed by atoms with Gasteiger partial charge < -0.3 is 15.7 Å². The monoisotopic (exact) mass is 276 g/mol. The lowest BCUT2D eigenvalue weighted by Crippen LogP contribution is -2.46. The van der Waals surface area contributed by atoms with Crippen molar-refractivity contribution in [3.8, 4) is 0 Å². The van der Waals surface area contributed by atoms with E-state index in [4.69, 9.17) is 10.8 Å². The van der Waals surface area contributed by atoms with E-state index in [0.29, 0.717) is 5.56 Å². The van der Waals surface area contributed by atoms with Gasteiger partial charge in [-0.05, 0) is 25.0 Å². The van der Waals surface area contributed by atoms with Crippen LogP contribution in [0.2, 0.25) is 0 Å². The topological polar surface area (TPSA) is 101 Å². The fourth-order valence-corrected chi connectivity index (χ4v) is 2.61. The summed E-state index contributed by atoms with van der Waals surface area (Å²) in [5, 5.41) is 8.74. The van der Waals surface area contributed by atoms with Crippen molar-refractivity contribution in [1.82, 2.24) is 4.90 Å². The second kappa shape index (κ2) is 5.32. The summed E-state index contributed by atoms with van der Waals surface area (Å²) in [4.78, 5) is 36.0. The van der Waals surface area contributed by atoms with Crippen molar-refractivity contribution in [3.05, 3.63) is 35.4 Å². The van der Waals surface area contributed by atoms with E-state index in [9.17, 15) is 14.4 Å². The molecule has 0 saturated heterocycles. The Balaban J connectivity index is 2.29. The first-order valence-corrected chi connectivity index (χ1v) is 6.36. The van der Waals surface area contributed by atoms with Crippen LogP contribution in [0.1, 0.15) is 41.7 Å². The summed E-state index contributed by atoms with van der Waals surface area (Å²) in [6, 6.07) is 5.91. The number of amides is 2. The van der Waals surface area contributed by atoms with Crippen molar-refractivity contribution in [2.24, 2.45) is 5.73 Å². The molecule has 6 heteroatoms. The standard InChI is InChI=1S/C14H16N2O4/c1-8-9-4-2-3-5-10(9)14(20)16(8)11(13(15)19)6-7-12(17)18/h2-5,8,11H,6-7H2,1H3,(H2,15,19)(H,17,18). The predicted octanol–water partition coefficient (Wildman–Crippen LogP) is 0.922. The second-order valence-corrected chi connectivity index (χ2v) is 4.83. The third-order valence-electron chi connectivity index (χ3n) is 3.59. The second-order valence-electron chi connectivity index (χ2n) is 4.83. The highest BCUT2D eigenvalue weighted by Crippen LogP contribution is 2.35. The molecule has 106 valence electrons. The minimum absolute atomic E-state index is 0.0226. The molecule has 1 heterocycles. The van der Waals surface area contributed by atoms with Crippen LogP contribution >= 0.6 is 0 Å². The van der Waals surface area contributed by atoms with Crippen LogP contribution in [0.4, 0.5) is 0 Å². The van der Waals surface area contributed by atoms with Gasteiger partial charge in [0.25, 0.3) is 5.91 Å². The van der Waals surface area contributed by atoms with Gasteiger partial charge in [-0.3, -0.25) is 14.4 Å². The van der Waals surface area contributed by atoms with Crippen molar-refractivity contribution in [2.45, 2.75) is 31.8 Å². The SMILES string of the molecule is CC1c2ccccc2C(=O)N1C(CCC(=O)O)C(N)=O. The minimum atomic E-state index is -1.02. The fourth-order valence-electron chi connectivity index (χ4n) is 2.61. The lowest BCUT2D eigenvalue weighted by molar-refractivity contribution is -0.137. The number of benzene rings is 1. The molecule has 0 spiro atoms. The average Bonchev–Trinajstić information content (AvgIpc) is 2.64. The third kappa shape index (κ3) is 2.36. The first-order chi connectivity index (χ1) is 9.43. The summed E-state index contributed by atoms with van der Waals surface area (Å²) in [6.45, 7) is 1.81. The van der Waals surface area contributed by atoms with Crippen molar-refractivity contribution in [2.75, 3.05) is 0 Å². The summed E-state index contributed by atoms with van der Waals surface area (Å²) >= 11 is 0. The lowest BCUT2D eigenvalue weighted by Gasteiger charge is -2.29. The smallest absolute Gasteiger partial charge is 0.303 e. The molecule has 1 aromatic carbocycles. The molecular formula is C14H16N2O4. The number of rotatable bonds is 5. The highest BCUT2D eigenvalue weighted by atomic mass is 16.4. The summed E-state index contributed by atoms with van der Waals surface area (Å²) in [5.74, 6) is -1.98. The Bertz CT molecular complexity index is 570. The molecule has 0 saturated carbocycles. The molecule has 2 rings (SSSR count). The van der Waals surface area contributed by atoms with Crippen molar-refractivity contribution in [3.63, 3.8) is 0 Å². The van der Waals surface area contributed by atoms with Crippen molar-refractivity contribution < 1.29 is 19.5 Å². The first kappa shape index (κ1) is 14.0. The quantitative estimate of drug-likeness (QED) is 0.835. The number of hydrogen-bond acceptors (Lipinski definition) is 3. The van der Waals surface area contributed by atoms with Gasteiger partial charge in [0.1, 0.15) is 6.04 Å². The Morgan fingerprint density at radius 1 is 1.40 bits per heavy atom. The zero-order valence-corrected chi connectivity index (χ0v) is 11.1. The molecule has 0 aliphatic carbocycles. The average molecular weight is 276 g/mol. The molecular weight excluding hydrogens is 260 g/mol. The summed E-state index contributed by atoms with van der Waals surface area (Å²) in [5.41, 5.74) is 6.71. The fraction of sp³-hybridized carbons (Fsp3) is 0.357. The van der Waals surface area contributed by atoms with E-state index in [1.807, 2.05) is 12.1 Å². The minimum Gasteiger partial charge on any atom is -0.481 e. The van der Waals surface area contributed by atoms with Gasteiger partial charge in [0, 0.05) is 12.0 Å². The maximum atomic E-state index is 12.4. The van der Waals surface area contributed by atoms with Crippen molar-refractivity contribution >= 4 is 17.8 Å². The largest absolute Gasteiger partial charge is 0.481 e. The highest BCUT2D eigenvalue weighted by Gasteiger charge is 2.40. The van der Waals surface area contributed by atoms with E-state index in [0.717, 1.165) is 5.56 Å². The number of carboxylic acid groups (broad SMARTS) is 1. The van der Waals surface area contributed by atoms with Gasteiger partial charge in [-0.1, -0.05) is 18.2 Å². The predicted molar refractivity (Wildman–Crippen MR) is 70.9 cm³/mol.